The molecule has 0 rings (SSSR count). The van der Waals surface area contributed by atoms with E-state index in [0.717, 1.165) is 77.0 Å². The Kier molecular flexibility index (Phi) is 48.8. The Labute approximate surface area is 384 Å². The molecule has 1 unspecified atom stereocenters. The van der Waals surface area contributed by atoms with Gasteiger partial charge in [-0.1, -0.05) is 230 Å². The van der Waals surface area contributed by atoms with Crippen molar-refractivity contribution < 1.29 is 28.6 Å². The average Bonchev–Trinajstić information content (AvgIpc) is 3.27. The van der Waals surface area contributed by atoms with E-state index in [-0.39, 0.29) is 37.5 Å². The minimum Gasteiger partial charge on any atom is -0.462 e. The number of unbranched alkanes of at least 4 members (excludes halogenated alkanes) is 29. The van der Waals surface area contributed by atoms with Gasteiger partial charge in [0.1, 0.15) is 13.2 Å². The van der Waals surface area contributed by atoms with Gasteiger partial charge in [-0.15, -0.1) is 0 Å². The van der Waals surface area contributed by atoms with Gasteiger partial charge in [0.15, 0.2) is 6.10 Å². The van der Waals surface area contributed by atoms with Crippen LogP contribution in [0.5, 0.6) is 0 Å². The molecule has 0 saturated carbocycles. The quantitative estimate of drug-likeness (QED) is 0.0262. The Bertz CT molecular complexity index is 1090. The minimum atomic E-state index is -0.797. The molecule has 6 nitrogen and oxygen atoms in total. The molecular formula is C56H100O6. The maximum Gasteiger partial charge on any atom is 0.306 e. The molecule has 0 amide bonds. The van der Waals surface area contributed by atoms with Crippen LogP contribution in [0.1, 0.15) is 271 Å². The second-order valence-corrected chi connectivity index (χ2v) is 17.8. The summed E-state index contributed by atoms with van der Waals surface area (Å²) >= 11 is 0. The largest absolute Gasteiger partial charge is 0.462 e. The van der Waals surface area contributed by atoms with Gasteiger partial charge in [0.25, 0.3) is 0 Å². The van der Waals surface area contributed by atoms with Gasteiger partial charge in [0.05, 0.1) is 0 Å². The number of allylic oxidation sites excluding steroid dienone is 8. The Balaban J connectivity index is 4.34. The van der Waals surface area contributed by atoms with Crippen LogP contribution in [0.25, 0.3) is 0 Å². The molecule has 0 aliphatic carbocycles. The van der Waals surface area contributed by atoms with Crippen molar-refractivity contribution in [2.24, 2.45) is 0 Å². The van der Waals surface area contributed by atoms with E-state index < -0.39 is 6.10 Å². The summed E-state index contributed by atoms with van der Waals surface area (Å²) in [7, 11) is 0. The molecule has 0 fully saturated rings. The number of hydrogen-bond acceptors (Lipinski definition) is 6. The Hall–Kier alpha value is -2.63. The lowest BCUT2D eigenvalue weighted by atomic mass is 10.0. The van der Waals surface area contributed by atoms with Crippen molar-refractivity contribution in [2.75, 3.05) is 13.2 Å². The number of carbonyl (C=O) groups is 3. The number of rotatable bonds is 48. The summed E-state index contributed by atoms with van der Waals surface area (Å²) in [6.07, 6.45) is 61.2. The van der Waals surface area contributed by atoms with Crippen LogP contribution < -0.4 is 0 Å². The normalized spacial score (nSPS) is 12.4. The minimum absolute atomic E-state index is 0.0923. The monoisotopic (exact) mass is 869 g/mol. The van der Waals surface area contributed by atoms with Gasteiger partial charge < -0.3 is 14.2 Å². The van der Waals surface area contributed by atoms with Gasteiger partial charge in [-0.3, -0.25) is 14.4 Å². The summed E-state index contributed by atoms with van der Waals surface area (Å²) in [6.45, 7) is 6.48. The first-order valence-electron chi connectivity index (χ1n) is 26.6. The van der Waals surface area contributed by atoms with E-state index in [1.54, 1.807) is 0 Å². The van der Waals surface area contributed by atoms with Crippen molar-refractivity contribution in [3.05, 3.63) is 48.6 Å². The molecule has 0 aliphatic heterocycles. The fraction of sp³-hybridized carbons (Fsp3) is 0.804. The van der Waals surface area contributed by atoms with Crippen LogP contribution in [0.15, 0.2) is 48.6 Å². The summed E-state index contributed by atoms with van der Waals surface area (Å²) in [5.41, 5.74) is 0. The lowest BCUT2D eigenvalue weighted by Crippen LogP contribution is -2.30. The number of esters is 3. The highest BCUT2D eigenvalue weighted by Gasteiger charge is 2.19. The molecular weight excluding hydrogens is 769 g/mol. The molecule has 0 heterocycles. The summed E-state index contributed by atoms with van der Waals surface area (Å²) in [5.74, 6) is -0.957. The van der Waals surface area contributed by atoms with E-state index in [4.69, 9.17) is 14.2 Å². The van der Waals surface area contributed by atoms with Crippen LogP contribution in [0.4, 0.5) is 0 Å². The third-order valence-corrected chi connectivity index (χ3v) is 11.6. The van der Waals surface area contributed by atoms with E-state index in [1.807, 2.05) is 0 Å². The number of hydrogen-bond donors (Lipinski definition) is 0. The van der Waals surface area contributed by atoms with Crippen LogP contribution in [0.2, 0.25) is 0 Å². The highest BCUT2D eigenvalue weighted by atomic mass is 16.6. The predicted octanol–water partition coefficient (Wildman–Crippen LogP) is 17.5. The van der Waals surface area contributed by atoms with Gasteiger partial charge >= 0.3 is 17.9 Å². The standard InChI is InChI=1S/C56H100O6/c1-4-7-10-13-16-19-22-24-26-27-28-29-30-32-34-37-40-43-46-49-55(58)61-52-53(51-60-54(57)48-45-42-39-36-33-21-18-15-12-9-6-3)62-56(59)50-47-44-41-38-35-31-25-23-20-17-14-11-8-5-2/h9,12,18,21,31,35-36,39,53H,4-8,10-11,13-17,19-20,22-30,32-34,37-38,40-52H2,1-3H3/b12-9-,21-18-,35-31-,39-36-. The number of carbonyl (C=O) groups excluding carboxylic acids is 3. The highest BCUT2D eigenvalue weighted by molar-refractivity contribution is 5.71. The molecule has 0 bridgehead atoms. The molecule has 0 spiro atoms. The van der Waals surface area contributed by atoms with Crippen LogP contribution in [0, 0.1) is 0 Å². The third kappa shape index (κ3) is 48.4. The van der Waals surface area contributed by atoms with Crippen molar-refractivity contribution in [2.45, 2.75) is 277 Å². The zero-order chi connectivity index (χ0) is 45.1. The van der Waals surface area contributed by atoms with Crippen LogP contribution in [0.3, 0.4) is 0 Å². The van der Waals surface area contributed by atoms with Gasteiger partial charge in [0, 0.05) is 19.3 Å². The molecule has 0 saturated heterocycles. The maximum absolute atomic E-state index is 12.8. The van der Waals surface area contributed by atoms with E-state index in [0.29, 0.717) is 19.3 Å². The average molecular weight is 869 g/mol. The molecule has 1 atom stereocenters. The van der Waals surface area contributed by atoms with Gasteiger partial charge in [-0.05, 0) is 70.6 Å². The molecule has 360 valence electrons. The Morgan fingerprint density at radius 1 is 0.339 bits per heavy atom. The number of ether oxygens (including phenoxy) is 3. The van der Waals surface area contributed by atoms with Crippen molar-refractivity contribution in [1.82, 2.24) is 0 Å². The molecule has 0 radical (unpaired) electrons. The van der Waals surface area contributed by atoms with E-state index >= 15 is 0 Å². The summed E-state index contributed by atoms with van der Waals surface area (Å²) in [4.78, 5) is 37.9. The first-order chi connectivity index (χ1) is 30.5. The third-order valence-electron chi connectivity index (χ3n) is 11.6. The highest BCUT2D eigenvalue weighted by Crippen LogP contribution is 2.16. The summed E-state index contributed by atoms with van der Waals surface area (Å²) < 4.78 is 16.7. The van der Waals surface area contributed by atoms with Crippen LogP contribution in [-0.2, 0) is 28.6 Å². The zero-order valence-corrected chi connectivity index (χ0v) is 41.1. The summed E-state index contributed by atoms with van der Waals surface area (Å²) in [6, 6.07) is 0. The van der Waals surface area contributed by atoms with Crippen LogP contribution in [-0.4, -0.2) is 37.2 Å². The van der Waals surface area contributed by atoms with Crippen molar-refractivity contribution in [1.29, 1.82) is 0 Å². The van der Waals surface area contributed by atoms with Gasteiger partial charge in [-0.2, -0.15) is 0 Å². The van der Waals surface area contributed by atoms with Crippen molar-refractivity contribution in [3.8, 4) is 0 Å². The van der Waals surface area contributed by atoms with E-state index in [9.17, 15) is 14.4 Å². The second kappa shape index (κ2) is 51.0. The molecule has 0 aromatic rings. The van der Waals surface area contributed by atoms with E-state index in [1.165, 1.54) is 148 Å². The fourth-order valence-corrected chi connectivity index (χ4v) is 7.58. The van der Waals surface area contributed by atoms with E-state index in [2.05, 4.69) is 69.4 Å². The Morgan fingerprint density at radius 2 is 0.645 bits per heavy atom. The van der Waals surface area contributed by atoms with Crippen molar-refractivity contribution >= 4 is 17.9 Å². The first-order valence-corrected chi connectivity index (χ1v) is 26.6. The molecule has 62 heavy (non-hydrogen) atoms. The van der Waals surface area contributed by atoms with Gasteiger partial charge in [-0.25, -0.2) is 0 Å². The Morgan fingerprint density at radius 3 is 1.08 bits per heavy atom. The zero-order valence-electron chi connectivity index (χ0n) is 41.1. The molecule has 0 aromatic carbocycles. The lowest BCUT2D eigenvalue weighted by Gasteiger charge is -2.18. The molecule has 0 N–H and O–H groups in total. The molecule has 6 heteroatoms. The summed E-state index contributed by atoms with van der Waals surface area (Å²) in [5, 5.41) is 0. The van der Waals surface area contributed by atoms with Crippen molar-refractivity contribution in [3.63, 3.8) is 0 Å². The maximum atomic E-state index is 12.8. The smallest absolute Gasteiger partial charge is 0.306 e. The van der Waals surface area contributed by atoms with Gasteiger partial charge in [0.2, 0.25) is 0 Å². The SMILES string of the molecule is CC/C=C\C/C=C\C/C=C\CCCC(=O)OCC(COC(=O)CCCCCCCCCCCCCCCCCCCCC)OC(=O)CCCCC/C=C\CCCCCCCCC. The molecule has 0 aliphatic rings. The topological polar surface area (TPSA) is 78.9 Å². The fourth-order valence-electron chi connectivity index (χ4n) is 7.58. The van der Waals surface area contributed by atoms with Crippen LogP contribution >= 0.6 is 0 Å². The lowest BCUT2D eigenvalue weighted by molar-refractivity contribution is -0.167. The first kappa shape index (κ1) is 59.4. The molecule has 0 aromatic heterocycles. The predicted molar refractivity (Wildman–Crippen MR) is 265 cm³/mol. The second-order valence-electron chi connectivity index (χ2n) is 17.8.